The number of hydrogen-bond acceptors (Lipinski definition) is 6. The molecule has 2 aromatic rings. The van der Waals surface area contributed by atoms with Gasteiger partial charge < -0.3 is 19.9 Å². The van der Waals surface area contributed by atoms with Crippen LogP contribution in [0.1, 0.15) is 29.1 Å². The first-order valence-electron chi connectivity index (χ1n) is 8.78. The number of anilines is 1. The van der Waals surface area contributed by atoms with Crippen molar-refractivity contribution in [2.45, 2.75) is 29.8 Å². The smallest absolute Gasteiger partial charge is 0.344 e. The first-order chi connectivity index (χ1) is 13.0. The first-order valence-corrected chi connectivity index (χ1v) is 9.66. The molecular formula is C18H19F2N3O3S. The Bertz CT molecular complexity index is 994. The molecule has 1 aromatic heterocycles. The number of carbonyl (C=O) groups is 1. The lowest BCUT2D eigenvalue weighted by Crippen LogP contribution is -2.31. The molecule has 0 saturated carbocycles. The molecule has 9 heteroatoms. The van der Waals surface area contributed by atoms with Gasteiger partial charge in [0.2, 0.25) is 5.43 Å². The van der Waals surface area contributed by atoms with Crippen LogP contribution >= 0.6 is 11.8 Å². The summed E-state index contributed by atoms with van der Waals surface area (Å²) in [7, 11) is 0. The van der Waals surface area contributed by atoms with Gasteiger partial charge in [-0.25, -0.2) is 13.6 Å². The largest absolute Gasteiger partial charge is 0.462 e. The maximum absolute atomic E-state index is 14.8. The SMILES string of the molecule is CCOC(=O)c1c2n(c3cc(N4CCC(N)C4)c(F)cc3c1=O)C(CF)S2. The van der Waals surface area contributed by atoms with Crippen molar-refractivity contribution in [2.24, 2.45) is 5.73 Å². The fourth-order valence-electron chi connectivity index (χ4n) is 3.66. The molecule has 3 heterocycles. The topological polar surface area (TPSA) is 77.6 Å². The highest BCUT2D eigenvalue weighted by Crippen LogP contribution is 2.47. The van der Waals surface area contributed by atoms with Crippen LogP contribution in [0, 0.1) is 5.82 Å². The molecule has 0 radical (unpaired) electrons. The van der Waals surface area contributed by atoms with Crippen LogP contribution in [0.25, 0.3) is 10.9 Å². The number of fused-ring (bicyclic) bond motifs is 3. The number of benzene rings is 1. The van der Waals surface area contributed by atoms with E-state index >= 15 is 0 Å². The molecule has 2 aliphatic heterocycles. The highest BCUT2D eigenvalue weighted by molar-refractivity contribution is 8.00. The third-order valence-corrected chi connectivity index (χ3v) is 6.17. The number of ether oxygens (including phenoxy) is 1. The summed E-state index contributed by atoms with van der Waals surface area (Å²) in [4.78, 5) is 26.9. The summed E-state index contributed by atoms with van der Waals surface area (Å²) >= 11 is 1.11. The van der Waals surface area contributed by atoms with Crippen LogP contribution in [0.15, 0.2) is 22.0 Å². The van der Waals surface area contributed by atoms with Crippen LogP contribution in [-0.4, -0.2) is 42.9 Å². The van der Waals surface area contributed by atoms with Crippen LogP contribution in [0.3, 0.4) is 0 Å². The summed E-state index contributed by atoms with van der Waals surface area (Å²) in [6, 6.07) is 2.65. The Labute approximate surface area is 158 Å². The van der Waals surface area contributed by atoms with E-state index in [9.17, 15) is 18.4 Å². The summed E-state index contributed by atoms with van der Waals surface area (Å²) in [6.45, 7) is 2.20. The third-order valence-electron chi connectivity index (χ3n) is 4.94. The number of hydrogen-bond donors (Lipinski definition) is 1. The van der Waals surface area contributed by atoms with E-state index in [0.29, 0.717) is 29.3 Å². The molecule has 2 atom stereocenters. The number of thioether (sulfide) groups is 1. The molecule has 27 heavy (non-hydrogen) atoms. The van der Waals surface area contributed by atoms with Gasteiger partial charge in [0, 0.05) is 24.5 Å². The van der Waals surface area contributed by atoms with Crippen molar-refractivity contribution in [3.63, 3.8) is 0 Å². The molecule has 2 N–H and O–H groups in total. The van der Waals surface area contributed by atoms with Crippen molar-refractivity contribution in [2.75, 3.05) is 31.3 Å². The molecule has 0 bridgehead atoms. The van der Waals surface area contributed by atoms with Crippen molar-refractivity contribution >= 4 is 34.3 Å². The Morgan fingerprint density at radius 3 is 2.85 bits per heavy atom. The third kappa shape index (κ3) is 2.80. The minimum absolute atomic E-state index is 0.0360. The second-order valence-electron chi connectivity index (χ2n) is 6.64. The van der Waals surface area contributed by atoms with E-state index in [1.807, 2.05) is 4.90 Å². The number of carbonyl (C=O) groups excluding carboxylic acids is 1. The predicted molar refractivity (Wildman–Crippen MR) is 99.8 cm³/mol. The molecule has 0 amide bonds. The molecule has 6 nitrogen and oxygen atoms in total. The second-order valence-corrected chi connectivity index (χ2v) is 7.81. The molecule has 1 saturated heterocycles. The molecule has 0 aliphatic carbocycles. The standard InChI is InChI=1S/C18H19F2N3O3S/c1-2-26-18(25)15-16(24)10-5-11(20)13(22-4-3-9(21)8-22)6-12(10)23-14(7-19)27-17(15)23/h5-6,9,14H,2-4,7-8,21H2,1H3. The zero-order valence-corrected chi connectivity index (χ0v) is 15.5. The maximum atomic E-state index is 14.8. The highest BCUT2D eigenvalue weighted by atomic mass is 32.2. The van der Waals surface area contributed by atoms with Crippen molar-refractivity contribution < 1.29 is 18.3 Å². The first kappa shape index (κ1) is 18.2. The Morgan fingerprint density at radius 1 is 1.44 bits per heavy atom. The average Bonchev–Trinajstić information content (AvgIpc) is 3.04. The van der Waals surface area contributed by atoms with E-state index < -0.39 is 29.3 Å². The Kier molecular flexibility index (Phi) is 4.59. The zero-order chi connectivity index (χ0) is 19.3. The summed E-state index contributed by atoms with van der Waals surface area (Å²) in [5.41, 5.74) is 5.92. The minimum atomic E-state index is -0.770. The summed E-state index contributed by atoms with van der Waals surface area (Å²) in [6.07, 6.45) is 0.750. The molecule has 1 aromatic carbocycles. The van der Waals surface area contributed by atoms with Gasteiger partial charge in [-0.3, -0.25) is 4.79 Å². The Morgan fingerprint density at radius 2 is 2.22 bits per heavy atom. The number of halogens is 2. The molecule has 0 spiro atoms. The van der Waals surface area contributed by atoms with Gasteiger partial charge in [-0.05, 0) is 25.5 Å². The van der Waals surface area contributed by atoms with Crippen LogP contribution in [0.4, 0.5) is 14.5 Å². The minimum Gasteiger partial charge on any atom is -0.462 e. The van der Waals surface area contributed by atoms with Gasteiger partial charge in [0.15, 0.2) is 0 Å². The maximum Gasteiger partial charge on any atom is 0.344 e. The van der Waals surface area contributed by atoms with Crippen molar-refractivity contribution in [1.82, 2.24) is 4.57 Å². The number of rotatable bonds is 4. The van der Waals surface area contributed by atoms with Gasteiger partial charge in [0.25, 0.3) is 0 Å². The van der Waals surface area contributed by atoms with Crippen molar-refractivity contribution in [3.05, 3.63) is 33.7 Å². The number of alkyl halides is 1. The van der Waals surface area contributed by atoms with Crippen LogP contribution < -0.4 is 16.1 Å². The van der Waals surface area contributed by atoms with E-state index in [2.05, 4.69) is 0 Å². The zero-order valence-electron chi connectivity index (χ0n) is 14.7. The quantitative estimate of drug-likeness (QED) is 0.802. The van der Waals surface area contributed by atoms with Gasteiger partial charge in [0.1, 0.15) is 23.4 Å². The predicted octanol–water partition coefficient (Wildman–Crippen LogP) is 2.43. The lowest BCUT2D eigenvalue weighted by Gasteiger charge is -2.34. The summed E-state index contributed by atoms with van der Waals surface area (Å²) < 4.78 is 34.7. The number of aromatic nitrogens is 1. The van der Waals surface area contributed by atoms with Gasteiger partial charge in [-0.15, -0.1) is 0 Å². The number of nitrogens with zero attached hydrogens (tertiary/aromatic N) is 2. The summed E-state index contributed by atoms with van der Waals surface area (Å²) in [5.74, 6) is -1.33. The van der Waals surface area contributed by atoms with Crippen molar-refractivity contribution in [1.29, 1.82) is 0 Å². The molecular weight excluding hydrogens is 376 g/mol. The lowest BCUT2D eigenvalue weighted by molar-refractivity contribution is 0.0518. The molecule has 4 rings (SSSR count). The highest BCUT2D eigenvalue weighted by Gasteiger charge is 2.36. The fraction of sp³-hybridized carbons (Fsp3) is 0.444. The number of nitrogens with two attached hydrogens (primary N) is 1. The monoisotopic (exact) mass is 395 g/mol. The van der Waals surface area contributed by atoms with Gasteiger partial charge >= 0.3 is 5.97 Å². The second kappa shape index (κ2) is 6.79. The summed E-state index contributed by atoms with van der Waals surface area (Å²) in [5, 5.41) is -0.148. The van der Waals surface area contributed by atoms with Crippen LogP contribution in [0.2, 0.25) is 0 Å². The van der Waals surface area contributed by atoms with E-state index in [-0.39, 0.29) is 23.6 Å². The van der Waals surface area contributed by atoms with E-state index in [1.54, 1.807) is 17.6 Å². The van der Waals surface area contributed by atoms with Crippen LogP contribution in [-0.2, 0) is 4.74 Å². The van der Waals surface area contributed by atoms with Crippen molar-refractivity contribution in [3.8, 4) is 0 Å². The molecule has 2 aliphatic rings. The van der Waals surface area contributed by atoms with Crippen LogP contribution in [0.5, 0.6) is 0 Å². The number of esters is 1. The lowest BCUT2D eigenvalue weighted by atomic mass is 10.1. The van der Waals surface area contributed by atoms with E-state index in [1.165, 1.54) is 0 Å². The molecule has 2 unspecified atom stereocenters. The van der Waals surface area contributed by atoms with Gasteiger partial charge in [-0.2, -0.15) is 0 Å². The average molecular weight is 395 g/mol. The van der Waals surface area contributed by atoms with E-state index in [0.717, 1.165) is 24.2 Å². The van der Waals surface area contributed by atoms with Gasteiger partial charge in [-0.1, -0.05) is 11.8 Å². The Balaban J connectivity index is 1.94. The molecule has 144 valence electrons. The fourth-order valence-corrected chi connectivity index (χ4v) is 4.78. The van der Waals surface area contributed by atoms with E-state index in [4.69, 9.17) is 10.5 Å². The number of pyridine rings is 1. The molecule has 1 fully saturated rings. The Hall–Kier alpha value is -2.13. The normalized spacial score (nSPS) is 21.3. The van der Waals surface area contributed by atoms with Gasteiger partial charge in [0.05, 0.1) is 22.8 Å².